The Kier molecular flexibility index (Phi) is 3.57. The van der Waals surface area contributed by atoms with Crippen molar-refractivity contribution >= 4 is 17.6 Å². The average Bonchev–Trinajstić information content (AvgIpc) is 2.16. The molecule has 0 fully saturated rings. The van der Waals surface area contributed by atoms with E-state index in [4.69, 9.17) is 16.7 Å². The standard InChI is InChI=1S/C9H8ClF2NO2/c1-4-6(8(11)12)7(9(14)15)5(2-10)3-13-4/h3,8H,2H2,1H3,(H,14,15). The van der Waals surface area contributed by atoms with Gasteiger partial charge in [0.25, 0.3) is 6.43 Å². The second kappa shape index (κ2) is 4.53. The monoisotopic (exact) mass is 235 g/mol. The fraction of sp³-hybridized carbons (Fsp3) is 0.333. The van der Waals surface area contributed by atoms with Crippen LogP contribution in [-0.4, -0.2) is 16.1 Å². The van der Waals surface area contributed by atoms with Gasteiger partial charge in [0.1, 0.15) is 0 Å². The Balaban J connectivity index is 3.51. The topological polar surface area (TPSA) is 50.2 Å². The summed E-state index contributed by atoms with van der Waals surface area (Å²) in [6.07, 6.45) is -1.66. The molecule has 6 heteroatoms. The van der Waals surface area contributed by atoms with Gasteiger partial charge in [-0.2, -0.15) is 0 Å². The summed E-state index contributed by atoms with van der Waals surface area (Å²) in [5, 5.41) is 8.83. The van der Waals surface area contributed by atoms with Crippen LogP contribution in [0.5, 0.6) is 0 Å². The first-order valence-electron chi connectivity index (χ1n) is 4.04. The van der Waals surface area contributed by atoms with Crippen LogP contribution in [0.1, 0.15) is 33.6 Å². The molecule has 0 atom stereocenters. The molecule has 0 aliphatic rings. The minimum absolute atomic E-state index is 0.0104. The van der Waals surface area contributed by atoms with Crippen LogP contribution in [0.15, 0.2) is 6.20 Å². The fourth-order valence-corrected chi connectivity index (χ4v) is 1.49. The summed E-state index contributed by atoms with van der Waals surface area (Å²) in [6, 6.07) is 0. The first-order valence-corrected chi connectivity index (χ1v) is 4.58. The van der Waals surface area contributed by atoms with Crippen LogP contribution >= 0.6 is 11.6 Å². The van der Waals surface area contributed by atoms with E-state index in [9.17, 15) is 13.6 Å². The fourth-order valence-electron chi connectivity index (χ4n) is 1.28. The second-order valence-electron chi connectivity index (χ2n) is 2.90. The molecule has 0 amide bonds. The average molecular weight is 236 g/mol. The Morgan fingerprint density at radius 1 is 1.67 bits per heavy atom. The number of nitrogens with zero attached hydrogens (tertiary/aromatic N) is 1. The number of carbonyl (C=O) groups is 1. The molecule has 1 rings (SSSR count). The number of carboxylic acids is 1. The largest absolute Gasteiger partial charge is 0.478 e. The molecule has 1 heterocycles. The maximum Gasteiger partial charge on any atom is 0.336 e. The minimum Gasteiger partial charge on any atom is -0.478 e. The lowest BCUT2D eigenvalue weighted by Gasteiger charge is -2.11. The summed E-state index contributed by atoms with van der Waals surface area (Å²) >= 11 is 5.46. The highest BCUT2D eigenvalue weighted by Crippen LogP contribution is 2.28. The van der Waals surface area contributed by atoms with Gasteiger partial charge < -0.3 is 5.11 Å². The highest BCUT2D eigenvalue weighted by molar-refractivity contribution is 6.17. The van der Waals surface area contributed by atoms with Gasteiger partial charge in [-0.3, -0.25) is 4.98 Å². The number of aromatic nitrogens is 1. The Morgan fingerprint density at radius 2 is 2.27 bits per heavy atom. The summed E-state index contributed by atoms with van der Waals surface area (Å²) in [6.45, 7) is 1.34. The van der Waals surface area contributed by atoms with Gasteiger partial charge in [0.05, 0.1) is 11.1 Å². The van der Waals surface area contributed by atoms with Crippen molar-refractivity contribution < 1.29 is 18.7 Å². The van der Waals surface area contributed by atoms with E-state index in [1.807, 2.05) is 0 Å². The Labute approximate surface area is 89.7 Å². The lowest BCUT2D eigenvalue weighted by atomic mass is 10.0. The zero-order valence-electron chi connectivity index (χ0n) is 7.80. The molecule has 3 nitrogen and oxygen atoms in total. The quantitative estimate of drug-likeness (QED) is 0.820. The van der Waals surface area contributed by atoms with Crippen molar-refractivity contribution in [2.45, 2.75) is 19.2 Å². The van der Waals surface area contributed by atoms with E-state index in [1.165, 1.54) is 13.1 Å². The molecule has 0 aromatic carbocycles. The first kappa shape index (κ1) is 11.8. The number of aromatic carboxylic acids is 1. The molecule has 0 aliphatic carbocycles. The van der Waals surface area contributed by atoms with Crippen LogP contribution in [0, 0.1) is 6.92 Å². The molecule has 0 spiro atoms. The van der Waals surface area contributed by atoms with E-state index in [2.05, 4.69) is 4.98 Å². The van der Waals surface area contributed by atoms with Crippen LogP contribution in [0.25, 0.3) is 0 Å². The van der Waals surface area contributed by atoms with Crippen molar-refractivity contribution in [1.82, 2.24) is 4.98 Å². The van der Waals surface area contributed by atoms with E-state index < -0.39 is 23.5 Å². The molecule has 0 saturated heterocycles. The van der Waals surface area contributed by atoms with Crippen molar-refractivity contribution in [2.24, 2.45) is 0 Å². The summed E-state index contributed by atoms with van der Waals surface area (Å²) in [7, 11) is 0. The first-order chi connectivity index (χ1) is 6.99. The highest BCUT2D eigenvalue weighted by atomic mass is 35.5. The SMILES string of the molecule is Cc1ncc(CCl)c(C(=O)O)c1C(F)F. The third-order valence-corrected chi connectivity index (χ3v) is 2.26. The van der Waals surface area contributed by atoms with E-state index >= 15 is 0 Å². The van der Waals surface area contributed by atoms with Crippen molar-refractivity contribution in [1.29, 1.82) is 0 Å². The predicted octanol–water partition coefficient (Wildman–Crippen LogP) is 2.76. The van der Waals surface area contributed by atoms with Crippen molar-refractivity contribution in [3.63, 3.8) is 0 Å². The maximum absolute atomic E-state index is 12.6. The molecule has 0 aliphatic heterocycles. The van der Waals surface area contributed by atoms with Gasteiger partial charge in [0, 0.05) is 23.3 Å². The Bertz CT molecular complexity index is 396. The zero-order chi connectivity index (χ0) is 11.6. The van der Waals surface area contributed by atoms with Gasteiger partial charge in [-0.25, -0.2) is 13.6 Å². The van der Waals surface area contributed by atoms with Gasteiger partial charge in [0.2, 0.25) is 0 Å². The van der Waals surface area contributed by atoms with Crippen LogP contribution < -0.4 is 0 Å². The maximum atomic E-state index is 12.6. The molecule has 0 bridgehead atoms. The van der Waals surface area contributed by atoms with E-state index in [-0.39, 0.29) is 17.1 Å². The molecule has 1 aromatic heterocycles. The lowest BCUT2D eigenvalue weighted by molar-refractivity contribution is 0.0682. The van der Waals surface area contributed by atoms with Crippen LogP contribution in [0.3, 0.4) is 0 Å². The van der Waals surface area contributed by atoms with Crippen molar-refractivity contribution in [3.05, 3.63) is 28.6 Å². The second-order valence-corrected chi connectivity index (χ2v) is 3.16. The normalized spacial score (nSPS) is 10.7. The van der Waals surface area contributed by atoms with Crippen molar-refractivity contribution in [3.8, 4) is 0 Å². The van der Waals surface area contributed by atoms with Crippen molar-refractivity contribution in [2.75, 3.05) is 0 Å². The highest BCUT2D eigenvalue weighted by Gasteiger charge is 2.24. The predicted molar refractivity (Wildman–Crippen MR) is 50.4 cm³/mol. The number of carboxylic acid groups (broad SMARTS) is 1. The summed E-state index contributed by atoms with van der Waals surface area (Å²) < 4.78 is 25.2. The Hall–Kier alpha value is -1.23. The number of rotatable bonds is 3. The van der Waals surface area contributed by atoms with Crippen LogP contribution in [0.2, 0.25) is 0 Å². The van der Waals surface area contributed by atoms with E-state index in [1.54, 1.807) is 0 Å². The molecule has 0 radical (unpaired) electrons. The van der Waals surface area contributed by atoms with Gasteiger partial charge in [0.15, 0.2) is 0 Å². The molecule has 0 unspecified atom stereocenters. The number of hydrogen-bond acceptors (Lipinski definition) is 2. The smallest absolute Gasteiger partial charge is 0.336 e. The van der Waals surface area contributed by atoms with Crippen LogP contribution in [-0.2, 0) is 5.88 Å². The van der Waals surface area contributed by atoms with Gasteiger partial charge in [-0.1, -0.05) is 0 Å². The number of aryl methyl sites for hydroxylation is 1. The molecule has 82 valence electrons. The summed E-state index contributed by atoms with van der Waals surface area (Å²) in [5.74, 6) is -1.57. The lowest BCUT2D eigenvalue weighted by Crippen LogP contribution is -2.10. The third-order valence-electron chi connectivity index (χ3n) is 1.97. The summed E-state index contributed by atoms with van der Waals surface area (Å²) in [4.78, 5) is 14.5. The molecule has 15 heavy (non-hydrogen) atoms. The number of halogens is 3. The summed E-state index contributed by atoms with van der Waals surface area (Å²) in [5.41, 5.74) is -0.880. The molecule has 0 saturated carbocycles. The van der Waals surface area contributed by atoms with Gasteiger partial charge in [-0.05, 0) is 6.92 Å². The number of alkyl halides is 3. The molecule has 1 N–H and O–H groups in total. The van der Waals surface area contributed by atoms with Gasteiger partial charge in [-0.15, -0.1) is 11.6 Å². The van der Waals surface area contributed by atoms with E-state index in [0.717, 1.165) is 0 Å². The molecule has 1 aromatic rings. The van der Waals surface area contributed by atoms with Gasteiger partial charge >= 0.3 is 5.97 Å². The number of hydrogen-bond donors (Lipinski definition) is 1. The Morgan fingerprint density at radius 3 is 2.67 bits per heavy atom. The zero-order valence-corrected chi connectivity index (χ0v) is 8.55. The molecular formula is C9H8ClF2NO2. The molecular weight excluding hydrogens is 228 g/mol. The van der Waals surface area contributed by atoms with E-state index in [0.29, 0.717) is 0 Å². The third kappa shape index (κ3) is 2.23. The number of pyridine rings is 1. The van der Waals surface area contributed by atoms with Crippen LogP contribution in [0.4, 0.5) is 8.78 Å². The minimum atomic E-state index is -2.87.